The standard InChI is InChI=1S/C17H21N3O2.CH3NO/c1-5-14-7-6-11(2)20-16(14)18-15(13(4)17(20)21)19-8-9-22-12(3)10-19;2-1-3/h5-7,12H,1,8-10H2,2-4H3;1H,(H2,2,3)/t12-;/m1./s1. The maximum atomic E-state index is 12.8. The molecule has 7 heteroatoms. The number of pyridine rings is 1. The average Bonchev–Trinajstić information content (AvgIpc) is 2.58. The lowest BCUT2D eigenvalue weighted by atomic mass is 10.2. The van der Waals surface area contributed by atoms with Crippen LogP contribution < -0.4 is 16.2 Å². The number of primary amides is 1. The highest BCUT2D eigenvalue weighted by molar-refractivity contribution is 5.67. The van der Waals surface area contributed by atoms with Gasteiger partial charge in [-0.05, 0) is 32.9 Å². The van der Waals surface area contributed by atoms with Crippen LogP contribution in [0.5, 0.6) is 0 Å². The van der Waals surface area contributed by atoms with Crippen LogP contribution in [0.4, 0.5) is 5.82 Å². The fourth-order valence-corrected chi connectivity index (χ4v) is 2.95. The van der Waals surface area contributed by atoms with E-state index in [0.717, 1.165) is 30.2 Å². The number of ether oxygens (including phenoxy) is 1. The smallest absolute Gasteiger partial charge is 0.263 e. The summed E-state index contributed by atoms with van der Waals surface area (Å²) in [5.41, 5.74) is 7.24. The van der Waals surface area contributed by atoms with E-state index in [2.05, 4.69) is 17.2 Å². The summed E-state index contributed by atoms with van der Waals surface area (Å²) in [6.45, 7) is 11.8. The molecule has 0 radical (unpaired) electrons. The van der Waals surface area contributed by atoms with Crippen molar-refractivity contribution in [1.82, 2.24) is 9.38 Å². The van der Waals surface area contributed by atoms with Gasteiger partial charge in [-0.25, -0.2) is 4.98 Å². The van der Waals surface area contributed by atoms with Crippen molar-refractivity contribution in [2.75, 3.05) is 24.6 Å². The molecule has 0 aliphatic carbocycles. The zero-order chi connectivity index (χ0) is 18.6. The van der Waals surface area contributed by atoms with Crippen molar-refractivity contribution < 1.29 is 9.53 Å². The molecule has 1 fully saturated rings. The van der Waals surface area contributed by atoms with E-state index in [1.807, 2.05) is 32.9 Å². The second-order valence-corrected chi connectivity index (χ2v) is 5.92. The Morgan fingerprint density at radius 1 is 1.40 bits per heavy atom. The Hall–Kier alpha value is -2.67. The van der Waals surface area contributed by atoms with E-state index in [4.69, 9.17) is 14.5 Å². The third-order valence-corrected chi connectivity index (χ3v) is 4.16. The Morgan fingerprint density at radius 3 is 2.68 bits per heavy atom. The number of nitrogens with two attached hydrogens (primary N) is 1. The van der Waals surface area contributed by atoms with Gasteiger partial charge in [0.2, 0.25) is 6.41 Å². The number of amides is 1. The minimum atomic E-state index is -0.0136. The van der Waals surface area contributed by atoms with E-state index in [1.54, 1.807) is 10.5 Å². The Labute approximate surface area is 146 Å². The largest absolute Gasteiger partial charge is 0.375 e. The molecule has 2 N–H and O–H groups in total. The third-order valence-electron chi connectivity index (χ3n) is 4.16. The van der Waals surface area contributed by atoms with Gasteiger partial charge in [0, 0.05) is 24.3 Å². The maximum absolute atomic E-state index is 12.8. The van der Waals surface area contributed by atoms with Gasteiger partial charge < -0.3 is 15.4 Å². The van der Waals surface area contributed by atoms with E-state index in [-0.39, 0.29) is 18.1 Å². The molecule has 1 aliphatic rings. The van der Waals surface area contributed by atoms with Crippen LogP contribution in [-0.4, -0.2) is 41.6 Å². The number of aryl methyl sites for hydroxylation is 1. The Kier molecular flexibility index (Phi) is 5.93. The van der Waals surface area contributed by atoms with Gasteiger partial charge in [0.25, 0.3) is 5.56 Å². The zero-order valence-corrected chi connectivity index (χ0v) is 14.9. The molecule has 1 amide bonds. The topological polar surface area (TPSA) is 89.9 Å². The van der Waals surface area contributed by atoms with Gasteiger partial charge in [0.15, 0.2) is 0 Å². The highest BCUT2D eigenvalue weighted by Crippen LogP contribution is 2.21. The number of rotatable bonds is 2. The van der Waals surface area contributed by atoms with Gasteiger partial charge in [-0.15, -0.1) is 0 Å². The summed E-state index contributed by atoms with van der Waals surface area (Å²) in [4.78, 5) is 28.3. The predicted molar refractivity (Wildman–Crippen MR) is 98.9 cm³/mol. The molecule has 2 aromatic rings. The zero-order valence-electron chi connectivity index (χ0n) is 14.9. The van der Waals surface area contributed by atoms with E-state index in [9.17, 15) is 4.79 Å². The van der Waals surface area contributed by atoms with E-state index >= 15 is 0 Å². The number of anilines is 1. The van der Waals surface area contributed by atoms with Crippen LogP contribution in [0.15, 0.2) is 23.5 Å². The minimum Gasteiger partial charge on any atom is -0.375 e. The molecular formula is C18H24N4O3. The summed E-state index contributed by atoms with van der Waals surface area (Å²) in [6, 6.07) is 3.87. The van der Waals surface area contributed by atoms with Crippen molar-refractivity contribution in [3.8, 4) is 0 Å². The lowest BCUT2D eigenvalue weighted by molar-refractivity contribution is -0.106. The van der Waals surface area contributed by atoms with Crippen molar-refractivity contribution in [2.24, 2.45) is 5.73 Å². The fourth-order valence-electron chi connectivity index (χ4n) is 2.95. The number of fused-ring (bicyclic) bond motifs is 1. The molecule has 0 bridgehead atoms. The minimum absolute atomic E-state index is 0.0136. The number of aromatic nitrogens is 2. The Morgan fingerprint density at radius 2 is 2.08 bits per heavy atom. The first kappa shape index (κ1) is 18.7. The van der Waals surface area contributed by atoms with Crippen molar-refractivity contribution in [2.45, 2.75) is 26.9 Å². The van der Waals surface area contributed by atoms with Crippen molar-refractivity contribution >= 4 is 24.0 Å². The molecule has 1 atom stereocenters. The first-order chi connectivity index (χ1) is 11.9. The van der Waals surface area contributed by atoms with Gasteiger partial charge in [-0.1, -0.05) is 12.7 Å². The van der Waals surface area contributed by atoms with Crippen LogP contribution in [-0.2, 0) is 9.53 Å². The maximum Gasteiger partial charge on any atom is 0.263 e. The molecule has 25 heavy (non-hydrogen) atoms. The molecule has 2 aromatic heterocycles. The number of carbonyl (C=O) groups excluding carboxylic acids is 1. The Balaban J connectivity index is 0.000000701. The van der Waals surface area contributed by atoms with E-state index < -0.39 is 0 Å². The summed E-state index contributed by atoms with van der Waals surface area (Å²) in [5.74, 6) is 0.758. The highest BCUT2D eigenvalue weighted by atomic mass is 16.5. The van der Waals surface area contributed by atoms with Crippen LogP contribution in [0.25, 0.3) is 11.7 Å². The molecule has 1 saturated heterocycles. The van der Waals surface area contributed by atoms with Crippen LogP contribution in [0, 0.1) is 13.8 Å². The second-order valence-electron chi connectivity index (χ2n) is 5.92. The molecule has 7 nitrogen and oxygen atoms in total. The number of morpholine rings is 1. The summed E-state index contributed by atoms with van der Waals surface area (Å²) in [6.07, 6.45) is 2.13. The molecule has 3 rings (SSSR count). The number of nitrogens with zero attached hydrogens (tertiary/aromatic N) is 3. The van der Waals surface area contributed by atoms with Gasteiger partial charge >= 0.3 is 0 Å². The molecule has 0 saturated carbocycles. The van der Waals surface area contributed by atoms with Gasteiger partial charge in [0.1, 0.15) is 11.5 Å². The third kappa shape index (κ3) is 3.71. The van der Waals surface area contributed by atoms with Crippen molar-refractivity contribution in [3.05, 3.63) is 45.9 Å². The molecule has 134 valence electrons. The molecule has 3 heterocycles. The van der Waals surface area contributed by atoms with Crippen LogP contribution in [0.2, 0.25) is 0 Å². The lowest BCUT2D eigenvalue weighted by Gasteiger charge is -2.33. The second kappa shape index (κ2) is 7.94. The molecule has 0 unspecified atom stereocenters. The summed E-state index contributed by atoms with van der Waals surface area (Å²) in [5, 5.41) is 0. The molecule has 0 spiro atoms. The van der Waals surface area contributed by atoms with Gasteiger partial charge in [-0.2, -0.15) is 0 Å². The fraction of sp³-hybridized carbons (Fsp3) is 0.389. The quantitative estimate of drug-likeness (QED) is 0.829. The Bertz CT molecular complexity index is 844. The number of carbonyl (C=O) groups is 1. The summed E-state index contributed by atoms with van der Waals surface area (Å²) in [7, 11) is 0. The first-order valence-corrected chi connectivity index (χ1v) is 8.11. The predicted octanol–water partition coefficient (Wildman–Crippen LogP) is 1.28. The number of hydrogen-bond donors (Lipinski definition) is 1. The lowest BCUT2D eigenvalue weighted by Crippen LogP contribution is -2.43. The van der Waals surface area contributed by atoms with Gasteiger partial charge in [-0.3, -0.25) is 14.0 Å². The summed E-state index contributed by atoms with van der Waals surface area (Å²) >= 11 is 0. The van der Waals surface area contributed by atoms with Crippen molar-refractivity contribution in [1.29, 1.82) is 0 Å². The highest BCUT2D eigenvalue weighted by Gasteiger charge is 2.22. The van der Waals surface area contributed by atoms with Gasteiger partial charge in [0.05, 0.1) is 18.3 Å². The molecule has 1 aliphatic heterocycles. The van der Waals surface area contributed by atoms with E-state index in [0.29, 0.717) is 17.8 Å². The van der Waals surface area contributed by atoms with Crippen LogP contribution in [0.1, 0.15) is 23.7 Å². The number of hydrogen-bond acceptors (Lipinski definition) is 5. The summed E-state index contributed by atoms with van der Waals surface area (Å²) < 4.78 is 7.25. The monoisotopic (exact) mass is 344 g/mol. The van der Waals surface area contributed by atoms with Crippen LogP contribution in [0.3, 0.4) is 0 Å². The molecular weight excluding hydrogens is 320 g/mol. The van der Waals surface area contributed by atoms with E-state index in [1.165, 1.54) is 0 Å². The normalized spacial score (nSPS) is 16.9. The molecule has 0 aromatic carbocycles. The SMILES string of the molecule is C=Cc1ccc(C)n2c(=O)c(C)c(N3CCO[C@H](C)C3)nc12.NC=O. The first-order valence-electron chi connectivity index (χ1n) is 8.11. The average molecular weight is 344 g/mol. The van der Waals surface area contributed by atoms with Crippen LogP contribution >= 0.6 is 0 Å². The van der Waals surface area contributed by atoms with Crippen molar-refractivity contribution in [3.63, 3.8) is 0 Å².